The van der Waals surface area contributed by atoms with Crippen LogP contribution >= 0.6 is 11.8 Å². The molecular formula is C26H33N3O7S. The molecule has 1 unspecified atom stereocenters. The van der Waals surface area contributed by atoms with Crippen molar-refractivity contribution in [1.29, 1.82) is 0 Å². The third kappa shape index (κ3) is 7.12. The molecule has 0 aromatic heterocycles. The van der Waals surface area contributed by atoms with Crippen molar-refractivity contribution in [2.24, 2.45) is 4.99 Å². The molecule has 1 spiro atoms. The van der Waals surface area contributed by atoms with Crippen LogP contribution in [-0.2, 0) is 28.6 Å². The molecule has 1 amide bonds. The van der Waals surface area contributed by atoms with Crippen molar-refractivity contribution in [1.82, 2.24) is 5.32 Å². The van der Waals surface area contributed by atoms with E-state index in [1.807, 2.05) is 31.2 Å². The molecule has 0 bridgehead atoms. The maximum atomic E-state index is 12.5. The Labute approximate surface area is 220 Å². The van der Waals surface area contributed by atoms with Gasteiger partial charge in [0.1, 0.15) is 0 Å². The number of amidine groups is 1. The first-order valence-electron chi connectivity index (χ1n) is 12.6. The molecule has 200 valence electrons. The first kappa shape index (κ1) is 27.2. The summed E-state index contributed by atoms with van der Waals surface area (Å²) in [5.74, 6) is -2.36. The van der Waals surface area contributed by atoms with Crippen molar-refractivity contribution in [3.8, 4) is 0 Å². The molecule has 0 saturated carbocycles. The number of ether oxygens (including phenoxy) is 3. The van der Waals surface area contributed by atoms with Crippen LogP contribution in [0.5, 0.6) is 0 Å². The number of esters is 1. The van der Waals surface area contributed by atoms with Crippen LogP contribution in [0, 0.1) is 0 Å². The zero-order valence-corrected chi connectivity index (χ0v) is 21.9. The Morgan fingerprint density at radius 2 is 1.92 bits per heavy atom. The Kier molecular flexibility index (Phi) is 8.88. The molecule has 37 heavy (non-hydrogen) atoms. The van der Waals surface area contributed by atoms with Crippen LogP contribution < -0.4 is 10.2 Å². The molecule has 3 fully saturated rings. The summed E-state index contributed by atoms with van der Waals surface area (Å²) in [6, 6.07) is 6.96. The maximum Gasteiger partial charge on any atom is 0.331 e. The predicted octanol–water partition coefficient (Wildman–Crippen LogP) is 3.16. The van der Waals surface area contributed by atoms with Gasteiger partial charge in [0.15, 0.2) is 17.0 Å². The van der Waals surface area contributed by atoms with Crippen LogP contribution in [0.3, 0.4) is 0 Å². The van der Waals surface area contributed by atoms with E-state index in [-0.39, 0.29) is 30.0 Å². The van der Waals surface area contributed by atoms with E-state index in [1.54, 1.807) is 13.0 Å². The second-order valence-corrected chi connectivity index (χ2v) is 10.3. The molecular weight excluding hydrogens is 498 g/mol. The number of aliphatic carboxylic acids is 1. The highest BCUT2D eigenvalue weighted by molar-refractivity contribution is 8.18. The number of hydrogen-bond acceptors (Lipinski definition) is 9. The Hall–Kier alpha value is -2.89. The van der Waals surface area contributed by atoms with Crippen molar-refractivity contribution in [3.63, 3.8) is 0 Å². The van der Waals surface area contributed by atoms with E-state index in [0.29, 0.717) is 24.5 Å². The number of anilines is 1. The number of nitrogens with one attached hydrogen (secondary N) is 1. The third-order valence-corrected chi connectivity index (χ3v) is 7.54. The van der Waals surface area contributed by atoms with Crippen LogP contribution in [0.4, 0.5) is 5.69 Å². The molecule has 1 aromatic carbocycles. The molecule has 0 radical (unpaired) electrons. The Balaban J connectivity index is 1.39. The minimum Gasteiger partial charge on any atom is -0.481 e. The van der Waals surface area contributed by atoms with Crippen LogP contribution in [0.15, 0.2) is 34.2 Å². The summed E-state index contributed by atoms with van der Waals surface area (Å²) in [5.41, 5.74) is 1.96. The van der Waals surface area contributed by atoms with Gasteiger partial charge in [-0.25, -0.2) is 9.79 Å². The minimum atomic E-state index is -1.03. The molecule has 2 N–H and O–H groups in total. The number of carbonyl (C=O) groups is 3. The molecule has 0 aliphatic carbocycles. The van der Waals surface area contributed by atoms with Gasteiger partial charge in [0.25, 0.3) is 5.91 Å². The van der Waals surface area contributed by atoms with Gasteiger partial charge >= 0.3 is 11.9 Å². The van der Waals surface area contributed by atoms with E-state index in [9.17, 15) is 14.4 Å². The van der Waals surface area contributed by atoms with Crippen molar-refractivity contribution in [2.45, 2.75) is 63.9 Å². The van der Waals surface area contributed by atoms with E-state index in [2.05, 4.69) is 15.2 Å². The first-order valence-corrected chi connectivity index (χ1v) is 13.4. The molecule has 3 aliphatic rings. The zero-order chi connectivity index (χ0) is 26.4. The van der Waals surface area contributed by atoms with Crippen molar-refractivity contribution in [3.05, 3.63) is 34.7 Å². The van der Waals surface area contributed by atoms with Gasteiger partial charge in [-0.3, -0.25) is 9.59 Å². The van der Waals surface area contributed by atoms with Gasteiger partial charge < -0.3 is 29.5 Å². The average Bonchev–Trinajstić information content (AvgIpc) is 3.48. The fraction of sp³-hybridized carbons (Fsp3) is 0.538. The lowest BCUT2D eigenvalue weighted by molar-refractivity contribution is -0.169. The first-order chi connectivity index (χ1) is 17.8. The number of carbonyl (C=O) groups excluding carboxylic acids is 2. The Morgan fingerprint density at radius 1 is 1.24 bits per heavy atom. The van der Waals surface area contributed by atoms with Gasteiger partial charge in [-0.05, 0) is 55.3 Å². The smallest absolute Gasteiger partial charge is 0.331 e. The van der Waals surface area contributed by atoms with E-state index >= 15 is 0 Å². The van der Waals surface area contributed by atoms with Gasteiger partial charge in [0.05, 0.1) is 24.2 Å². The summed E-state index contributed by atoms with van der Waals surface area (Å²) < 4.78 is 17.0. The number of aliphatic imine (C=N–C) groups is 1. The van der Waals surface area contributed by atoms with Crippen molar-refractivity contribution in [2.75, 3.05) is 31.2 Å². The molecule has 10 nitrogen and oxygen atoms in total. The lowest BCUT2D eigenvalue weighted by atomic mass is 10.0. The third-order valence-electron chi connectivity index (χ3n) is 6.61. The highest BCUT2D eigenvalue weighted by Gasteiger charge is 2.39. The molecule has 3 aliphatic heterocycles. The summed E-state index contributed by atoms with van der Waals surface area (Å²) >= 11 is 1.12. The molecule has 3 heterocycles. The number of piperidine rings is 1. The second-order valence-electron chi connectivity index (χ2n) is 9.29. The maximum absolute atomic E-state index is 12.5. The Bertz CT molecular complexity index is 1060. The molecule has 2 atom stereocenters. The van der Waals surface area contributed by atoms with Crippen LogP contribution in [0.25, 0.3) is 6.08 Å². The predicted molar refractivity (Wildman–Crippen MR) is 140 cm³/mol. The fourth-order valence-corrected chi connectivity index (χ4v) is 5.18. The fourth-order valence-electron chi connectivity index (χ4n) is 4.31. The molecule has 4 rings (SSSR count). The number of carboxylic acid groups (broad SMARTS) is 1. The van der Waals surface area contributed by atoms with Gasteiger partial charge in [0, 0.05) is 38.0 Å². The summed E-state index contributed by atoms with van der Waals surface area (Å²) in [6.07, 6.45) is 3.50. The van der Waals surface area contributed by atoms with E-state index < -0.39 is 23.8 Å². The normalized spacial score (nSPS) is 22.9. The lowest BCUT2D eigenvalue weighted by Gasteiger charge is -2.38. The summed E-state index contributed by atoms with van der Waals surface area (Å²) in [6.45, 7) is 6.66. The van der Waals surface area contributed by atoms with E-state index in [0.717, 1.165) is 48.9 Å². The monoisotopic (exact) mass is 531 g/mol. The summed E-state index contributed by atoms with van der Waals surface area (Å²) in [7, 11) is 0. The van der Waals surface area contributed by atoms with E-state index in [1.165, 1.54) is 0 Å². The van der Waals surface area contributed by atoms with E-state index in [4.69, 9.17) is 19.3 Å². The number of rotatable bonds is 9. The number of carboxylic acids is 1. The molecule has 3 saturated heterocycles. The van der Waals surface area contributed by atoms with Crippen LogP contribution in [0.1, 0.15) is 51.5 Å². The quantitative estimate of drug-likeness (QED) is 0.365. The number of hydrogen-bond donors (Lipinski definition) is 2. The average molecular weight is 532 g/mol. The summed E-state index contributed by atoms with van der Waals surface area (Å²) in [4.78, 5) is 43.2. The van der Waals surface area contributed by atoms with Crippen molar-refractivity contribution < 1.29 is 33.7 Å². The number of amides is 1. The lowest BCUT2D eigenvalue weighted by Crippen LogP contribution is -2.45. The molecule has 1 aromatic rings. The molecule has 11 heteroatoms. The van der Waals surface area contributed by atoms with Crippen LogP contribution in [0.2, 0.25) is 0 Å². The number of nitrogens with zero attached hydrogens (tertiary/aromatic N) is 2. The zero-order valence-electron chi connectivity index (χ0n) is 21.1. The number of benzene rings is 1. The van der Waals surface area contributed by atoms with Crippen molar-refractivity contribution >= 4 is 46.5 Å². The largest absolute Gasteiger partial charge is 0.481 e. The van der Waals surface area contributed by atoms with Gasteiger partial charge in [0.2, 0.25) is 0 Å². The highest BCUT2D eigenvalue weighted by atomic mass is 32.2. The second kappa shape index (κ2) is 12.1. The standard InChI is InChI=1S/C26H33N3O7S/c1-3-17(2)36-24(33)20(8-9-22(30)31)27-25-28-23(32)21(37-25)16-18-4-6-19(7-5-18)29-12-10-26(11-13-29)34-14-15-35-26/h4-7,16-17,20H,3,8-15H2,1-2H3,(H,30,31)(H,27,28,32)/t17?,20-/m0/s1. The minimum absolute atomic E-state index is 0.0130. The van der Waals surface area contributed by atoms with Crippen LogP contribution in [-0.4, -0.2) is 72.4 Å². The summed E-state index contributed by atoms with van der Waals surface area (Å²) in [5, 5.41) is 12.0. The van der Waals surface area contributed by atoms with Gasteiger partial charge in [-0.2, -0.15) is 0 Å². The highest BCUT2D eigenvalue weighted by Crippen LogP contribution is 2.33. The Morgan fingerprint density at radius 3 is 2.54 bits per heavy atom. The topological polar surface area (TPSA) is 127 Å². The SMILES string of the molecule is CCC(C)OC(=O)[C@H](CCC(=O)O)N=C1NC(=O)C(=Cc2ccc(N3CCC4(CC3)OCCO4)cc2)S1. The number of thioether (sulfide) groups is 1. The van der Waals surface area contributed by atoms with Gasteiger partial charge in [-0.15, -0.1) is 0 Å². The van der Waals surface area contributed by atoms with Gasteiger partial charge in [-0.1, -0.05) is 19.1 Å².